The van der Waals surface area contributed by atoms with Gasteiger partial charge in [0.2, 0.25) is 0 Å². The Balaban J connectivity index is 1.89. The van der Waals surface area contributed by atoms with Crippen LogP contribution in [0.3, 0.4) is 0 Å². The first-order valence-corrected chi connectivity index (χ1v) is 6.86. The van der Waals surface area contributed by atoms with E-state index in [1.54, 1.807) is 0 Å². The third-order valence-electron chi connectivity index (χ3n) is 3.22. The average Bonchev–Trinajstić information content (AvgIpc) is 3.18. The van der Waals surface area contributed by atoms with Gasteiger partial charge < -0.3 is 10.4 Å². The highest BCUT2D eigenvalue weighted by atomic mass is 35.5. The van der Waals surface area contributed by atoms with Crippen LogP contribution in [-0.2, 0) is 0 Å². The lowest BCUT2D eigenvalue weighted by atomic mass is 10.2. The molecule has 1 fully saturated rings. The first-order valence-electron chi connectivity index (χ1n) is 6.49. The van der Waals surface area contributed by atoms with Crippen molar-refractivity contribution in [2.75, 3.05) is 25.0 Å². The Morgan fingerprint density at radius 2 is 2.32 bits per heavy atom. The first kappa shape index (κ1) is 14.1. The molecule has 0 saturated heterocycles. The number of carboxylic acids is 1. The Labute approximate surface area is 117 Å². The molecule has 6 heteroatoms. The summed E-state index contributed by atoms with van der Waals surface area (Å²) in [6.07, 6.45) is 2.57. The lowest BCUT2D eigenvalue weighted by molar-refractivity contribution is 0.0697. The van der Waals surface area contributed by atoms with Gasteiger partial charge in [0.05, 0.1) is 5.56 Å². The first-order chi connectivity index (χ1) is 9.10. The molecule has 0 aromatic carbocycles. The summed E-state index contributed by atoms with van der Waals surface area (Å²) in [6, 6.07) is 3.58. The Morgan fingerprint density at radius 3 is 2.89 bits per heavy atom. The number of rotatable bonds is 7. The molecule has 0 atom stereocenters. The molecule has 1 aromatic rings. The zero-order valence-corrected chi connectivity index (χ0v) is 11.7. The second-order valence-corrected chi connectivity index (χ2v) is 5.04. The van der Waals surface area contributed by atoms with E-state index in [4.69, 9.17) is 16.7 Å². The van der Waals surface area contributed by atoms with Crippen molar-refractivity contribution in [3.63, 3.8) is 0 Å². The van der Waals surface area contributed by atoms with Crippen LogP contribution in [0.2, 0.25) is 5.15 Å². The molecule has 0 aliphatic heterocycles. The van der Waals surface area contributed by atoms with Crippen LogP contribution in [0.1, 0.15) is 30.1 Å². The molecule has 1 saturated carbocycles. The topological polar surface area (TPSA) is 65.5 Å². The molecule has 0 radical (unpaired) electrons. The molecule has 0 bridgehead atoms. The highest BCUT2D eigenvalue weighted by molar-refractivity contribution is 6.29. The molecule has 2 rings (SSSR count). The van der Waals surface area contributed by atoms with Gasteiger partial charge in [-0.2, -0.15) is 0 Å². The molecule has 1 aromatic heterocycles. The molecule has 2 N–H and O–H groups in total. The smallest absolute Gasteiger partial charge is 0.335 e. The fraction of sp³-hybridized carbons (Fsp3) is 0.538. The lowest BCUT2D eigenvalue weighted by Gasteiger charge is -2.20. The minimum atomic E-state index is -1.000. The summed E-state index contributed by atoms with van der Waals surface area (Å²) in [5, 5.41) is 12.3. The van der Waals surface area contributed by atoms with Gasteiger partial charge in [0.1, 0.15) is 11.0 Å². The van der Waals surface area contributed by atoms with Crippen LogP contribution in [0.4, 0.5) is 5.82 Å². The maximum atomic E-state index is 10.9. The van der Waals surface area contributed by atoms with E-state index in [-0.39, 0.29) is 10.7 Å². The summed E-state index contributed by atoms with van der Waals surface area (Å²) in [6.45, 7) is 4.85. The van der Waals surface area contributed by atoms with Crippen molar-refractivity contribution in [3.05, 3.63) is 22.8 Å². The van der Waals surface area contributed by atoms with Crippen LogP contribution in [0.25, 0.3) is 0 Å². The van der Waals surface area contributed by atoms with Crippen molar-refractivity contribution in [3.8, 4) is 0 Å². The van der Waals surface area contributed by atoms with Crippen molar-refractivity contribution in [2.24, 2.45) is 0 Å². The van der Waals surface area contributed by atoms with Crippen LogP contribution in [0.15, 0.2) is 12.1 Å². The van der Waals surface area contributed by atoms with Gasteiger partial charge in [-0.25, -0.2) is 9.78 Å². The largest absolute Gasteiger partial charge is 0.478 e. The monoisotopic (exact) mass is 283 g/mol. The average molecular weight is 284 g/mol. The minimum Gasteiger partial charge on any atom is -0.478 e. The van der Waals surface area contributed by atoms with E-state index >= 15 is 0 Å². The Bertz CT molecular complexity index is 463. The highest BCUT2D eigenvalue weighted by Crippen LogP contribution is 2.26. The number of hydrogen-bond donors (Lipinski definition) is 2. The molecule has 19 heavy (non-hydrogen) atoms. The molecule has 1 aliphatic carbocycles. The summed E-state index contributed by atoms with van der Waals surface area (Å²) in [4.78, 5) is 17.4. The number of carboxylic acid groups (broad SMARTS) is 1. The number of halogens is 1. The van der Waals surface area contributed by atoms with E-state index in [0.717, 1.165) is 25.7 Å². The Kier molecular flexibility index (Phi) is 4.61. The molecule has 1 heterocycles. The van der Waals surface area contributed by atoms with Gasteiger partial charge in [-0.1, -0.05) is 18.5 Å². The van der Waals surface area contributed by atoms with Crippen molar-refractivity contribution in [1.82, 2.24) is 9.88 Å². The quantitative estimate of drug-likeness (QED) is 0.752. The number of aromatic carboxylic acids is 1. The molecule has 0 spiro atoms. The van der Waals surface area contributed by atoms with Crippen molar-refractivity contribution in [2.45, 2.75) is 25.8 Å². The number of pyridine rings is 1. The maximum Gasteiger partial charge on any atom is 0.335 e. The van der Waals surface area contributed by atoms with E-state index in [1.165, 1.54) is 25.0 Å². The van der Waals surface area contributed by atoms with E-state index in [1.807, 2.05) is 0 Å². The predicted molar refractivity (Wildman–Crippen MR) is 75.0 cm³/mol. The molecule has 5 nitrogen and oxygen atoms in total. The van der Waals surface area contributed by atoms with Gasteiger partial charge in [-0.3, -0.25) is 4.90 Å². The molecule has 104 valence electrons. The van der Waals surface area contributed by atoms with Crippen LogP contribution >= 0.6 is 11.6 Å². The summed E-state index contributed by atoms with van der Waals surface area (Å²) in [7, 11) is 0. The standard InChI is InChI=1S/C13H18ClN3O2/c1-2-17(10-3-4-10)6-5-15-12-8-9(13(18)19)7-11(14)16-12/h7-8,10H,2-6H2,1H3,(H,15,16)(H,18,19). The molecule has 1 aliphatic rings. The molecular weight excluding hydrogens is 266 g/mol. The number of nitrogens with zero attached hydrogens (tertiary/aromatic N) is 2. The third-order valence-corrected chi connectivity index (χ3v) is 3.41. The van der Waals surface area contributed by atoms with Gasteiger partial charge >= 0.3 is 5.97 Å². The van der Waals surface area contributed by atoms with E-state index in [9.17, 15) is 4.79 Å². The van der Waals surface area contributed by atoms with E-state index < -0.39 is 5.97 Å². The van der Waals surface area contributed by atoms with Gasteiger partial charge in [-0.05, 0) is 31.5 Å². The van der Waals surface area contributed by atoms with Crippen LogP contribution < -0.4 is 5.32 Å². The molecular formula is C13H18ClN3O2. The fourth-order valence-electron chi connectivity index (χ4n) is 2.08. The Hall–Kier alpha value is -1.33. The van der Waals surface area contributed by atoms with Crippen molar-refractivity contribution >= 4 is 23.4 Å². The minimum absolute atomic E-state index is 0.150. The van der Waals surface area contributed by atoms with Crippen LogP contribution in [0, 0.1) is 0 Å². The zero-order valence-electron chi connectivity index (χ0n) is 10.9. The molecule has 0 amide bonds. The number of anilines is 1. The summed E-state index contributed by atoms with van der Waals surface area (Å²) < 4.78 is 0. The number of likely N-dealkylation sites (N-methyl/N-ethyl adjacent to an activating group) is 1. The predicted octanol–water partition coefficient (Wildman–Crippen LogP) is 2.33. The molecule has 0 unspecified atom stereocenters. The normalized spacial score (nSPS) is 14.7. The summed E-state index contributed by atoms with van der Waals surface area (Å²) in [5.41, 5.74) is 0.150. The zero-order chi connectivity index (χ0) is 13.8. The van der Waals surface area contributed by atoms with Gasteiger partial charge in [0.15, 0.2) is 0 Å². The number of nitrogens with one attached hydrogen (secondary N) is 1. The van der Waals surface area contributed by atoms with Crippen LogP contribution in [0.5, 0.6) is 0 Å². The van der Waals surface area contributed by atoms with Crippen LogP contribution in [-0.4, -0.2) is 46.6 Å². The number of carbonyl (C=O) groups is 1. The van der Waals surface area contributed by atoms with E-state index in [2.05, 4.69) is 22.1 Å². The van der Waals surface area contributed by atoms with Gasteiger partial charge in [0.25, 0.3) is 0 Å². The summed E-state index contributed by atoms with van der Waals surface area (Å²) >= 11 is 5.80. The number of hydrogen-bond acceptors (Lipinski definition) is 4. The SMILES string of the molecule is CCN(CCNc1cc(C(=O)O)cc(Cl)n1)C1CC1. The fourth-order valence-corrected chi connectivity index (χ4v) is 2.29. The lowest BCUT2D eigenvalue weighted by Crippen LogP contribution is -2.31. The van der Waals surface area contributed by atoms with Crippen molar-refractivity contribution < 1.29 is 9.90 Å². The number of aromatic nitrogens is 1. The second-order valence-electron chi connectivity index (χ2n) is 4.66. The van der Waals surface area contributed by atoms with Crippen molar-refractivity contribution in [1.29, 1.82) is 0 Å². The van der Waals surface area contributed by atoms with Gasteiger partial charge in [-0.15, -0.1) is 0 Å². The summed E-state index contributed by atoms with van der Waals surface area (Å²) in [5.74, 6) is -0.489. The highest BCUT2D eigenvalue weighted by Gasteiger charge is 2.27. The van der Waals surface area contributed by atoms with E-state index in [0.29, 0.717) is 5.82 Å². The van der Waals surface area contributed by atoms with Gasteiger partial charge in [0, 0.05) is 19.1 Å². The Morgan fingerprint density at radius 1 is 1.58 bits per heavy atom. The third kappa shape index (κ3) is 4.08. The second kappa shape index (κ2) is 6.21. The maximum absolute atomic E-state index is 10.9.